The molecule has 6 nitrogen and oxygen atoms in total. The van der Waals surface area contributed by atoms with Gasteiger partial charge in [0, 0.05) is 47.7 Å². The summed E-state index contributed by atoms with van der Waals surface area (Å²) >= 11 is 1.85. The topological polar surface area (TPSA) is 75.3 Å². The lowest BCUT2D eigenvalue weighted by atomic mass is 10.1. The first-order chi connectivity index (χ1) is 15.1. The summed E-state index contributed by atoms with van der Waals surface area (Å²) in [6.07, 6.45) is 2.57. The number of rotatable bonds is 5. The van der Waals surface area contributed by atoms with Crippen LogP contribution in [0.25, 0.3) is 21.0 Å². The van der Waals surface area contributed by atoms with Crippen molar-refractivity contribution in [2.24, 2.45) is 0 Å². The summed E-state index contributed by atoms with van der Waals surface area (Å²) in [5, 5.41) is 2.17. The quantitative estimate of drug-likeness (QED) is 0.487. The Hall–Kier alpha value is -2.87. The van der Waals surface area contributed by atoms with Gasteiger partial charge >= 0.3 is 0 Å². The van der Waals surface area contributed by atoms with Crippen molar-refractivity contribution in [3.05, 3.63) is 64.8 Å². The highest BCUT2D eigenvalue weighted by molar-refractivity contribution is 7.19. The first kappa shape index (κ1) is 20.1. The maximum Gasteiger partial charge on any atom is 0.138 e. The Kier molecular flexibility index (Phi) is 5.40. The van der Waals surface area contributed by atoms with Gasteiger partial charge in [-0.25, -0.2) is 9.97 Å². The molecule has 4 aromatic rings. The van der Waals surface area contributed by atoms with Gasteiger partial charge in [-0.05, 0) is 42.1 Å². The van der Waals surface area contributed by atoms with E-state index < -0.39 is 0 Å². The summed E-state index contributed by atoms with van der Waals surface area (Å²) in [6, 6.07) is 14.8. The van der Waals surface area contributed by atoms with Crippen LogP contribution in [0.1, 0.15) is 16.0 Å². The van der Waals surface area contributed by atoms with Gasteiger partial charge in [-0.3, -0.25) is 9.80 Å². The molecule has 0 radical (unpaired) electrons. The summed E-state index contributed by atoms with van der Waals surface area (Å²) in [7, 11) is 0. The van der Waals surface area contributed by atoms with Gasteiger partial charge in [0.1, 0.15) is 18.4 Å². The van der Waals surface area contributed by atoms with Gasteiger partial charge in [0.05, 0.1) is 11.6 Å². The molecule has 0 aliphatic carbocycles. The second-order valence-electron chi connectivity index (χ2n) is 8.27. The van der Waals surface area contributed by atoms with E-state index in [1.807, 2.05) is 23.5 Å². The van der Waals surface area contributed by atoms with Crippen molar-refractivity contribution in [3.63, 3.8) is 0 Å². The number of anilines is 1. The second-order valence-corrected chi connectivity index (χ2v) is 9.44. The number of fused-ring (bicyclic) bond motifs is 2. The van der Waals surface area contributed by atoms with E-state index in [0.29, 0.717) is 5.82 Å². The number of benzene rings is 2. The van der Waals surface area contributed by atoms with Gasteiger partial charge in [-0.15, -0.1) is 11.3 Å². The predicted molar refractivity (Wildman–Crippen MR) is 126 cm³/mol. The third-order valence-electron chi connectivity index (χ3n) is 5.99. The van der Waals surface area contributed by atoms with E-state index in [9.17, 15) is 4.79 Å². The number of thiophene rings is 1. The Balaban J connectivity index is 1.27. The molecule has 0 bridgehead atoms. The second kappa shape index (κ2) is 8.34. The Labute approximate surface area is 185 Å². The highest BCUT2D eigenvalue weighted by Crippen LogP contribution is 2.28. The van der Waals surface area contributed by atoms with Crippen LogP contribution in [0.2, 0.25) is 0 Å². The van der Waals surface area contributed by atoms with Crippen LogP contribution in [0.5, 0.6) is 0 Å². The fraction of sp³-hybridized carbons (Fsp3) is 0.292. The largest absolute Gasteiger partial charge is 0.383 e. The van der Waals surface area contributed by atoms with Crippen molar-refractivity contribution in [1.82, 2.24) is 19.8 Å². The molecule has 3 heterocycles. The zero-order chi connectivity index (χ0) is 21.4. The molecule has 1 unspecified atom stereocenters. The number of nitrogen functional groups attached to an aromatic ring is 1. The average Bonchev–Trinajstić information content (AvgIpc) is 3.16. The van der Waals surface area contributed by atoms with E-state index in [4.69, 9.17) is 5.73 Å². The minimum Gasteiger partial charge on any atom is -0.383 e. The molecule has 1 aliphatic heterocycles. The van der Waals surface area contributed by atoms with Gasteiger partial charge in [0.2, 0.25) is 0 Å². The van der Waals surface area contributed by atoms with E-state index in [1.54, 1.807) is 0 Å². The van der Waals surface area contributed by atoms with Gasteiger partial charge in [-0.2, -0.15) is 0 Å². The number of aryl methyl sites for hydroxylation is 1. The molecule has 5 rings (SSSR count). The summed E-state index contributed by atoms with van der Waals surface area (Å²) in [5.74, 6) is 0.493. The monoisotopic (exact) mass is 431 g/mol. The molecule has 31 heavy (non-hydrogen) atoms. The number of nitrogens with zero attached hydrogens (tertiary/aromatic N) is 4. The van der Waals surface area contributed by atoms with Crippen molar-refractivity contribution >= 4 is 44.4 Å². The van der Waals surface area contributed by atoms with Crippen molar-refractivity contribution in [1.29, 1.82) is 0 Å². The molecule has 1 aliphatic rings. The number of hydrogen-bond acceptors (Lipinski definition) is 7. The molecule has 0 saturated carbocycles. The maximum atomic E-state index is 11.9. The first-order valence-electron chi connectivity index (χ1n) is 10.5. The van der Waals surface area contributed by atoms with Gasteiger partial charge < -0.3 is 10.5 Å². The predicted octanol–water partition coefficient (Wildman–Crippen LogP) is 3.62. The lowest BCUT2D eigenvalue weighted by Crippen LogP contribution is -2.52. The van der Waals surface area contributed by atoms with E-state index in [1.165, 1.54) is 26.9 Å². The number of aromatic nitrogens is 2. The van der Waals surface area contributed by atoms with Crippen LogP contribution in [-0.4, -0.2) is 51.7 Å². The summed E-state index contributed by atoms with van der Waals surface area (Å²) in [6.45, 7) is 6.29. The normalized spacial score (nSPS) is 18.0. The van der Waals surface area contributed by atoms with Crippen molar-refractivity contribution in [3.8, 4) is 0 Å². The van der Waals surface area contributed by atoms with E-state index >= 15 is 0 Å². The third-order valence-corrected chi connectivity index (χ3v) is 7.10. The van der Waals surface area contributed by atoms with Crippen LogP contribution in [0.3, 0.4) is 0 Å². The van der Waals surface area contributed by atoms with Crippen molar-refractivity contribution in [2.75, 3.05) is 25.4 Å². The molecule has 158 valence electrons. The molecule has 1 fully saturated rings. The fourth-order valence-corrected chi connectivity index (χ4v) is 5.44. The van der Waals surface area contributed by atoms with E-state index in [-0.39, 0.29) is 6.04 Å². The zero-order valence-corrected chi connectivity index (χ0v) is 18.3. The lowest BCUT2D eigenvalue weighted by molar-refractivity contribution is -0.115. The van der Waals surface area contributed by atoms with Crippen LogP contribution in [0, 0.1) is 6.92 Å². The highest BCUT2D eigenvalue weighted by atomic mass is 32.1. The molecule has 2 N–H and O–H groups in total. The summed E-state index contributed by atoms with van der Waals surface area (Å²) in [4.78, 5) is 26.3. The number of aldehydes is 1. The molecular formula is C24H25N5OS. The van der Waals surface area contributed by atoms with Crippen LogP contribution in [-0.2, 0) is 17.9 Å². The van der Waals surface area contributed by atoms with Crippen LogP contribution in [0.15, 0.2) is 48.8 Å². The molecule has 0 spiro atoms. The Morgan fingerprint density at radius 3 is 2.90 bits per heavy atom. The summed E-state index contributed by atoms with van der Waals surface area (Å²) < 4.78 is 1.33. The minimum absolute atomic E-state index is 0.114. The van der Waals surface area contributed by atoms with Gasteiger partial charge in [0.15, 0.2) is 0 Å². The van der Waals surface area contributed by atoms with Crippen LogP contribution >= 0.6 is 11.3 Å². The highest BCUT2D eigenvalue weighted by Gasteiger charge is 2.27. The number of carbonyl (C=O) groups excluding carboxylic acids is 1. The van der Waals surface area contributed by atoms with Crippen LogP contribution in [0.4, 0.5) is 5.82 Å². The Morgan fingerprint density at radius 2 is 2.03 bits per heavy atom. The van der Waals surface area contributed by atoms with Gasteiger partial charge in [-0.1, -0.05) is 23.8 Å². The average molecular weight is 432 g/mol. The molecule has 1 saturated heterocycles. The Morgan fingerprint density at radius 1 is 1.13 bits per heavy atom. The van der Waals surface area contributed by atoms with Crippen LogP contribution < -0.4 is 5.73 Å². The molecule has 7 heteroatoms. The first-order valence-corrected chi connectivity index (χ1v) is 11.3. The van der Waals surface area contributed by atoms with Crippen molar-refractivity contribution in [2.45, 2.75) is 26.1 Å². The molecule has 0 amide bonds. The SMILES string of the molecule is Cc1ccc2sc(CN3CCN(Cc4ccc5c(N)ncnc5c4)C(C=O)C3)cc2c1. The van der Waals surface area contributed by atoms with E-state index in [0.717, 1.165) is 55.5 Å². The third kappa shape index (κ3) is 4.17. The number of piperazine rings is 1. The number of carbonyl (C=O) groups is 1. The molecular weight excluding hydrogens is 406 g/mol. The number of nitrogens with two attached hydrogens (primary N) is 1. The molecule has 1 atom stereocenters. The maximum absolute atomic E-state index is 11.9. The number of hydrogen-bond donors (Lipinski definition) is 1. The minimum atomic E-state index is -0.114. The molecule has 2 aromatic carbocycles. The Bertz CT molecular complexity index is 1250. The standard InChI is InChI=1S/C24H25N5OS/c1-16-2-5-23-18(8-16)10-20(31-23)13-28-6-7-29(19(12-28)14-30)11-17-3-4-21-22(9-17)26-15-27-24(21)25/h2-5,8-10,14-15,19H,6-7,11-13H2,1H3,(H2,25,26,27). The molecule has 2 aromatic heterocycles. The summed E-state index contributed by atoms with van der Waals surface area (Å²) in [5.41, 5.74) is 9.19. The smallest absolute Gasteiger partial charge is 0.138 e. The van der Waals surface area contributed by atoms with E-state index in [2.05, 4.69) is 57.0 Å². The fourth-order valence-electron chi connectivity index (χ4n) is 4.35. The van der Waals surface area contributed by atoms with Crippen molar-refractivity contribution < 1.29 is 4.79 Å². The lowest BCUT2D eigenvalue weighted by Gasteiger charge is -2.38. The van der Waals surface area contributed by atoms with Gasteiger partial charge in [0.25, 0.3) is 0 Å². The zero-order valence-electron chi connectivity index (χ0n) is 17.5.